The Morgan fingerprint density at radius 1 is 0.781 bits per heavy atom. The molecule has 7 heteroatoms. The van der Waals surface area contributed by atoms with E-state index in [2.05, 4.69) is 52.9 Å². The third kappa shape index (κ3) is 5.44. The number of alkyl halides is 3. The number of hydrogen-bond donors (Lipinski definition) is 0. The van der Waals surface area contributed by atoms with Crippen LogP contribution in [0.25, 0.3) is 33.4 Å². The maximum Gasteiger partial charge on any atom is 0.446 e. The fourth-order valence-corrected chi connectivity index (χ4v) is 4.91. The second-order valence-electron chi connectivity index (χ2n) is 7.24. The van der Waals surface area contributed by atoms with Gasteiger partial charge in [0.15, 0.2) is 0 Å². The lowest BCUT2D eigenvalue weighted by molar-refractivity contribution is -0.0328. The molecule has 0 saturated heterocycles. The van der Waals surface area contributed by atoms with E-state index in [1.807, 2.05) is 42.2 Å². The Balaban J connectivity index is 1.75. The van der Waals surface area contributed by atoms with Crippen molar-refractivity contribution in [2.75, 3.05) is 0 Å². The summed E-state index contributed by atoms with van der Waals surface area (Å²) in [6.07, 6.45) is 3.88. The molecule has 0 unspecified atom stereocenters. The van der Waals surface area contributed by atoms with E-state index in [1.165, 1.54) is 12.1 Å². The average Bonchev–Trinajstić information content (AvgIpc) is 2.75. The highest BCUT2D eigenvalue weighted by molar-refractivity contribution is 14.1. The molecule has 0 aliphatic heterocycles. The smallest absolute Gasteiger partial charge is 0.356 e. The van der Waals surface area contributed by atoms with Crippen molar-refractivity contribution < 1.29 is 13.2 Å². The lowest BCUT2D eigenvalue weighted by atomic mass is 9.98. The van der Waals surface area contributed by atoms with Crippen LogP contribution in [0.15, 0.2) is 90.1 Å². The van der Waals surface area contributed by atoms with E-state index in [1.54, 1.807) is 12.1 Å². The Morgan fingerprint density at radius 3 is 1.97 bits per heavy atom. The quantitative estimate of drug-likeness (QED) is 0.135. The van der Waals surface area contributed by atoms with Crippen LogP contribution in [-0.2, 0) is 7.05 Å². The van der Waals surface area contributed by atoms with Crippen LogP contribution in [0.2, 0.25) is 0 Å². The van der Waals surface area contributed by atoms with Crippen LogP contribution in [0, 0.1) is 8.08 Å². The molecule has 0 aliphatic rings. The Bertz CT molecular complexity index is 1330. The first kappa shape index (κ1) is 23.1. The van der Waals surface area contributed by atoms with E-state index in [9.17, 15) is 13.2 Å². The molecule has 0 saturated carbocycles. The van der Waals surface area contributed by atoms with Gasteiger partial charge in [0.25, 0.3) is 0 Å². The molecule has 0 amide bonds. The van der Waals surface area contributed by atoms with Crippen LogP contribution in [0.3, 0.4) is 0 Å². The van der Waals surface area contributed by atoms with Gasteiger partial charge >= 0.3 is 5.51 Å². The van der Waals surface area contributed by atoms with Crippen molar-refractivity contribution in [3.8, 4) is 33.4 Å². The Hall–Kier alpha value is -2.10. The summed E-state index contributed by atoms with van der Waals surface area (Å²) in [7, 11) is 1.92. The molecular weight excluding hydrogens is 562 g/mol. The number of rotatable bonds is 4. The predicted molar refractivity (Wildman–Crippen MR) is 137 cm³/mol. The zero-order valence-corrected chi connectivity index (χ0v) is 20.6. The first-order valence-corrected chi connectivity index (χ1v) is 11.9. The van der Waals surface area contributed by atoms with Gasteiger partial charge in [0.1, 0.15) is 0 Å². The van der Waals surface area contributed by atoms with Crippen molar-refractivity contribution in [3.63, 3.8) is 0 Å². The zero-order chi connectivity index (χ0) is 22.9. The Labute approximate surface area is 207 Å². The van der Waals surface area contributed by atoms with Gasteiger partial charge in [0, 0.05) is 39.0 Å². The normalized spacial score (nSPS) is 11.5. The third-order valence-corrected chi connectivity index (χ3v) is 6.74. The molecular formula is C25H17F3INS2. The van der Waals surface area contributed by atoms with Crippen molar-refractivity contribution in [2.24, 2.45) is 7.05 Å². The highest BCUT2D eigenvalue weighted by Gasteiger charge is 2.29. The number of aryl methyl sites for hydroxylation is 1. The number of thioether (sulfide) groups is 1. The van der Waals surface area contributed by atoms with Crippen molar-refractivity contribution in [1.29, 1.82) is 0 Å². The molecule has 4 aromatic rings. The molecule has 1 heterocycles. The van der Waals surface area contributed by atoms with Gasteiger partial charge in [-0.25, -0.2) is 0 Å². The van der Waals surface area contributed by atoms with Crippen molar-refractivity contribution in [3.05, 3.63) is 93.3 Å². The predicted octanol–water partition coefficient (Wildman–Crippen LogP) is 8.97. The highest BCUT2D eigenvalue weighted by atomic mass is 127. The summed E-state index contributed by atoms with van der Waals surface area (Å²) < 4.78 is 41.7. The van der Waals surface area contributed by atoms with Crippen LogP contribution in [0.1, 0.15) is 0 Å². The SMILES string of the molecule is Cn1cc(-c2ccc(SC(F)(F)F)cc2)c(=S)c(-c2cccc(-c3cccc(I)c3)c2)c1. The van der Waals surface area contributed by atoms with Gasteiger partial charge in [-0.3, -0.25) is 0 Å². The van der Waals surface area contributed by atoms with Crippen LogP contribution in [0.4, 0.5) is 13.2 Å². The minimum Gasteiger partial charge on any atom is -0.356 e. The molecule has 1 nitrogen and oxygen atoms in total. The second kappa shape index (κ2) is 9.41. The fourth-order valence-electron chi connectivity index (χ4n) is 3.49. The molecule has 3 aromatic carbocycles. The average molecular weight is 579 g/mol. The fraction of sp³-hybridized carbons (Fsp3) is 0.0800. The molecule has 1 aromatic heterocycles. The van der Waals surface area contributed by atoms with E-state index in [4.69, 9.17) is 12.2 Å². The van der Waals surface area contributed by atoms with Gasteiger partial charge in [0.2, 0.25) is 0 Å². The third-order valence-electron chi connectivity index (χ3n) is 4.89. The largest absolute Gasteiger partial charge is 0.446 e. The highest BCUT2D eigenvalue weighted by Crippen LogP contribution is 2.38. The molecule has 162 valence electrons. The van der Waals surface area contributed by atoms with Gasteiger partial charge in [-0.05, 0) is 86.9 Å². The molecule has 0 fully saturated rings. The lowest BCUT2D eigenvalue weighted by Crippen LogP contribution is -1.99. The van der Waals surface area contributed by atoms with Crippen LogP contribution in [-0.4, -0.2) is 10.1 Å². The van der Waals surface area contributed by atoms with Gasteiger partial charge < -0.3 is 4.57 Å². The Kier molecular flexibility index (Phi) is 6.78. The summed E-state index contributed by atoms with van der Waals surface area (Å²) in [6, 6.07) is 22.8. The molecule has 0 radical (unpaired) electrons. The number of halogens is 4. The van der Waals surface area contributed by atoms with Gasteiger partial charge in [-0.15, -0.1) is 0 Å². The van der Waals surface area contributed by atoms with Gasteiger partial charge in [0.05, 0.1) is 4.51 Å². The number of pyridine rings is 1. The monoisotopic (exact) mass is 579 g/mol. The first-order chi connectivity index (χ1) is 15.2. The summed E-state index contributed by atoms with van der Waals surface area (Å²) in [5, 5.41) is 0. The molecule has 0 spiro atoms. The molecule has 4 rings (SSSR count). The molecule has 32 heavy (non-hydrogen) atoms. The summed E-state index contributed by atoms with van der Waals surface area (Å²) >= 11 is 8.00. The number of hydrogen-bond acceptors (Lipinski definition) is 2. The van der Waals surface area contributed by atoms with Gasteiger partial charge in [-0.2, -0.15) is 13.2 Å². The zero-order valence-electron chi connectivity index (χ0n) is 16.9. The van der Waals surface area contributed by atoms with Gasteiger partial charge in [-0.1, -0.05) is 54.7 Å². The Morgan fingerprint density at radius 2 is 1.34 bits per heavy atom. The summed E-state index contributed by atoms with van der Waals surface area (Å²) in [5.74, 6) is 0. The minimum absolute atomic E-state index is 0.119. The topological polar surface area (TPSA) is 4.93 Å². The van der Waals surface area contributed by atoms with E-state index in [-0.39, 0.29) is 16.7 Å². The van der Waals surface area contributed by atoms with E-state index in [0.717, 1.165) is 37.0 Å². The minimum atomic E-state index is -4.31. The lowest BCUT2D eigenvalue weighted by Gasteiger charge is -2.13. The summed E-state index contributed by atoms with van der Waals surface area (Å²) in [6.45, 7) is 0. The second-order valence-corrected chi connectivity index (χ2v) is 10.0. The van der Waals surface area contributed by atoms with E-state index in [0.29, 0.717) is 4.51 Å². The number of benzene rings is 3. The number of aromatic nitrogens is 1. The summed E-state index contributed by atoms with van der Waals surface area (Å²) in [4.78, 5) is 0.151. The standard InChI is InChI=1S/C25H17F3INS2/c1-30-14-22(16-8-10-21(11-9-16)32-25(26,27)28)24(31)23(15-30)19-6-2-4-17(12-19)18-5-3-7-20(29)13-18/h2-15H,1H3. The molecule has 0 bridgehead atoms. The van der Waals surface area contributed by atoms with E-state index < -0.39 is 5.51 Å². The van der Waals surface area contributed by atoms with Crippen LogP contribution >= 0.6 is 46.6 Å². The molecule has 0 atom stereocenters. The first-order valence-electron chi connectivity index (χ1n) is 9.62. The van der Waals surface area contributed by atoms with Crippen molar-refractivity contribution >= 4 is 46.6 Å². The van der Waals surface area contributed by atoms with Crippen LogP contribution in [0.5, 0.6) is 0 Å². The maximum absolute atomic E-state index is 12.6. The number of nitrogens with zero attached hydrogens (tertiary/aromatic N) is 1. The molecule has 0 aliphatic carbocycles. The summed E-state index contributed by atoms with van der Waals surface area (Å²) in [5.41, 5.74) is 1.41. The molecule has 0 N–H and O–H groups in total. The van der Waals surface area contributed by atoms with E-state index >= 15 is 0 Å². The van der Waals surface area contributed by atoms with Crippen molar-refractivity contribution in [2.45, 2.75) is 10.4 Å². The van der Waals surface area contributed by atoms with Crippen molar-refractivity contribution in [1.82, 2.24) is 4.57 Å². The van der Waals surface area contributed by atoms with Crippen LogP contribution < -0.4 is 0 Å². The maximum atomic E-state index is 12.6.